The van der Waals surface area contributed by atoms with Crippen LogP contribution in [-0.2, 0) is 11.3 Å². The lowest BCUT2D eigenvalue weighted by atomic mass is 10.1. The number of aromatic nitrogens is 2. The highest BCUT2D eigenvalue weighted by Gasteiger charge is 2.34. The van der Waals surface area contributed by atoms with Crippen LogP contribution in [0.2, 0.25) is 0 Å². The second kappa shape index (κ2) is 12.2. The van der Waals surface area contributed by atoms with E-state index in [2.05, 4.69) is 54.8 Å². The summed E-state index contributed by atoms with van der Waals surface area (Å²) in [6.07, 6.45) is 13.9. The van der Waals surface area contributed by atoms with Gasteiger partial charge in [-0.25, -0.2) is 4.98 Å². The minimum Gasteiger partial charge on any atom is -0.328 e. The Labute approximate surface area is 205 Å². The summed E-state index contributed by atoms with van der Waals surface area (Å²) in [6.45, 7) is 6.05. The quantitative estimate of drug-likeness (QED) is 0.245. The van der Waals surface area contributed by atoms with E-state index in [1.165, 1.54) is 75.3 Å². The van der Waals surface area contributed by atoms with Crippen molar-refractivity contribution in [1.29, 1.82) is 0 Å². The molecule has 0 spiro atoms. The monoisotopic (exact) mass is 459 g/mol. The molecule has 0 unspecified atom stereocenters. The third-order valence-corrected chi connectivity index (χ3v) is 7.22. The molecule has 1 aliphatic rings. The molecule has 0 bridgehead atoms. The molecular weight excluding hydrogens is 418 g/mol. The minimum atomic E-state index is 0.142. The Balaban J connectivity index is 1.37. The Morgan fingerprint density at radius 2 is 1.59 bits per heavy atom. The standard InChI is InChI=1S/C30H41N3O/c1-3-4-5-6-7-8-9-10-11-14-20-32-28-19-13-12-18-27(28)31-30(32)25-22-29(34)33(23-25)26-17-15-16-24(2)21-26/h12-13,15-19,21,25H,3-11,14,20,22-23H2,1-2H3/t25-/m1/s1. The van der Waals surface area contributed by atoms with E-state index in [1.807, 2.05) is 17.0 Å². The number of anilines is 1. The Morgan fingerprint density at radius 3 is 2.32 bits per heavy atom. The summed E-state index contributed by atoms with van der Waals surface area (Å²) in [7, 11) is 0. The van der Waals surface area contributed by atoms with Crippen LogP contribution in [0, 0.1) is 6.92 Å². The summed E-state index contributed by atoms with van der Waals surface area (Å²) in [5.41, 5.74) is 4.44. The van der Waals surface area contributed by atoms with E-state index in [0.29, 0.717) is 13.0 Å². The van der Waals surface area contributed by atoms with Crippen LogP contribution < -0.4 is 4.90 Å². The number of imidazole rings is 1. The number of amides is 1. The number of unbranched alkanes of at least 4 members (excludes halogenated alkanes) is 9. The largest absolute Gasteiger partial charge is 0.328 e. The normalized spacial score (nSPS) is 16.1. The lowest BCUT2D eigenvalue weighted by molar-refractivity contribution is -0.117. The predicted octanol–water partition coefficient (Wildman–Crippen LogP) is 7.79. The van der Waals surface area contributed by atoms with Crippen molar-refractivity contribution in [2.24, 2.45) is 0 Å². The third kappa shape index (κ3) is 6.08. The average molecular weight is 460 g/mol. The number of rotatable bonds is 13. The molecule has 2 aromatic carbocycles. The molecule has 2 heterocycles. The smallest absolute Gasteiger partial charge is 0.227 e. The number of para-hydroxylation sites is 2. The van der Waals surface area contributed by atoms with Gasteiger partial charge in [0.15, 0.2) is 0 Å². The molecule has 4 heteroatoms. The zero-order chi connectivity index (χ0) is 23.8. The van der Waals surface area contributed by atoms with Crippen molar-refractivity contribution in [2.45, 2.75) is 96.9 Å². The molecule has 1 atom stereocenters. The maximum Gasteiger partial charge on any atom is 0.227 e. The third-order valence-electron chi connectivity index (χ3n) is 7.22. The zero-order valence-corrected chi connectivity index (χ0v) is 21.1. The number of fused-ring (bicyclic) bond motifs is 1. The first-order chi connectivity index (χ1) is 16.7. The predicted molar refractivity (Wildman–Crippen MR) is 142 cm³/mol. The number of aryl methyl sites for hydroxylation is 2. The zero-order valence-electron chi connectivity index (χ0n) is 21.1. The van der Waals surface area contributed by atoms with Crippen LogP contribution in [0.5, 0.6) is 0 Å². The Bertz CT molecular complexity index is 1070. The maximum absolute atomic E-state index is 12.9. The van der Waals surface area contributed by atoms with E-state index in [4.69, 9.17) is 4.98 Å². The van der Waals surface area contributed by atoms with Gasteiger partial charge in [-0.2, -0.15) is 0 Å². The second-order valence-electron chi connectivity index (χ2n) is 10.0. The summed E-state index contributed by atoms with van der Waals surface area (Å²) in [4.78, 5) is 19.9. The minimum absolute atomic E-state index is 0.142. The fourth-order valence-corrected chi connectivity index (χ4v) is 5.32. The SMILES string of the molecule is CCCCCCCCCCCCn1c([C@@H]2CC(=O)N(c3cccc(C)c3)C2)nc2ccccc21. The number of hydrogen-bond donors (Lipinski definition) is 0. The highest BCUT2D eigenvalue weighted by atomic mass is 16.2. The van der Waals surface area contributed by atoms with Crippen molar-refractivity contribution in [1.82, 2.24) is 9.55 Å². The van der Waals surface area contributed by atoms with Crippen LogP contribution in [0.25, 0.3) is 11.0 Å². The molecule has 4 rings (SSSR count). The highest BCUT2D eigenvalue weighted by molar-refractivity contribution is 5.96. The van der Waals surface area contributed by atoms with E-state index in [9.17, 15) is 4.79 Å². The summed E-state index contributed by atoms with van der Waals surface area (Å²) in [5, 5.41) is 0. The number of nitrogens with zero attached hydrogens (tertiary/aromatic N) is 3. The van der Waals surface area contributed by atoms with E-state index in [-0.39, 0.29) is 11.8 Å². The summed E-state index contributed by atoms with van der Waals surface area (Å²) < 4.78 is 2.40. The average Bonchev–Trinajstić information content (AvgIpc) is 3.41. The second-order valence-corrected chi connectivity index (χ2v) is 10.0. The molecule has 1 aliphatic heterocycles. The van der Waals surface area contributed by atoms with Gasteiger partial charge in [0.05, 0.1) is 11.0 Å². The van der Waals surface area contributed by atoms with Crippen molar-refractivity contribution in [3.05, 3.63) is 59.9 Å². The van der Waals surface area contributed by atoms with E-state index >= 15 is 0 Å². The molecular formula is C30H41N3O. The molecule has 0 N–H and O–H groups in total. The summed E-state index contributed by atoms with van der Waals surface area (Å²) in [5.74, 6) is 1.43. The Hall–Kier alpha value is -2.62. The molecule has 1 saturated heterocycles. The number of benzene rings is 2. The number of carbonyl (C=O) groups is 1. The fraction of sp³-hybridized carbons (Fsp3) is 0.533. The lowest BCUT2D eigenvalue weighted by Gasteiger charge is -2.18. The topological polar surface area (TPSA) is 38.1 Å². The van der Waals surface area contributed by atoms with Crippen LogP contribution >= 0.6 is 0 Å². The molecule has 34 heavy (non-hydrogen) atoms. The first-order valence-electron chi connectivity index (χ1n) is 13.5. The van der Waals surface area contributed by atoms with Crippen molar-refractivity contribution in [3.63, 3.8) is 0 Å². The first-order valence-corrected chi connectivity index (χ1v) is 13.5. The number of carbonyl (C=O) groups excluding carboxylic acids is 1. The van der Waals surface area contributed by atoms with Crippen LogP contribution in [0.3, 0.4) is 0 Å². The molecule has 1 fully saturated rings. The van der Waals surface area contributed by atoms with Crippen LogP contribution in [-0.4, -0.2) is 22.0 Å². The maximum atomic E-state index is 12.9. The molecule has 1 amide bonds. The van der Waals surface area contributed by atoms with Gasteiger partial charge in [0, 0.05) is 31.1 Å². The van der Waals surface area contributed by atoms with Gasteiger partial charge in [-0.1, -0.05) is 89.0 Å². The van der Waals surface area contributed by atoms with Gasteiger partial charge in [0.2, 0.25) is 5.91 Å². The molecule has 0 aliphatic carbocycles. The molecule has 0 saturated carbocycles. The molecule has 4 nitrogen and oxygen atoms in total. The summed E-state index contributed by atoms with van der Waals surface area (Å²) >= 11 is 0. The van der Waals surface area contributed by atoms with Gasteiger partial charge in [-0.05, 0) is 43.2 Å². The van der Waals surface area contributed by atoms with Gasteiger partial charge >= 0.3 is 0 Å². The molecule has 182 valence electrons. The van der Waals surface area contributed by atoms with Crippen molar-refractivity contribution >= 4 is 22.6 Å². The van der Waals surface area contributed by atoms with Gasteiger partial charge in [-0.15, -0.1) is 0 Å². The van der Waals surface area contributed by atoms with Crippen LogP contribution in [0.1, 0.15) is 94.9 Å². The fourth-order valence-electron chi connectivity index (χ4n) is 5.32. The first kappa shape index (κ1) is 24.5. The van der Waals surface area contributed by atoms with E-state index in [1.54, 1.807) is 0 Å². The molecule has 0 radical (unpaired) electrons. The summed E-state index contributed by atoms with van der Waals surface area (Å²) in [6, 6.07) is 16.7. The van der Waals surface area contributed by atoms with Crippen molar-refractivity contribution < 1.29 is 4.79 Å². The number of hydrogen-bond acceptors (Lipinski definition) is 2. The van der Waals surface area contributed by atoms with Gasteiger partial charge in [0.25, 0.3) is 0 Å². The molecule has 1 aromatic heterocycles. The van der Waals surface area contributed by atoms with E-state index < -0.39 is 0 Å². The lowest BCUT2D eigenvalue weighted by Crippen LogP contribution is -2.24. The van der Waals surface area contributed by atoms with Crippen molar-refractivity contribution in [3.8, 4) is 0 Å². The van der Waals surface area contributed by atoms with Crippen molar-refractivity contribution in [2.75, 3.05) is 11.4 Å². The van der Waals surface area contributed by atoms with E-state index in [0.717, 1.165) is 23.6 Å². The van der Waals surface area contributed by atoms with Gasteiger partial charge < -0.3 is 9.47 Å². The molecule has 3 aromatic rings. The Kier molecular flexibility index (Phi) is 8.79. The van der Waals surface area contributed by atoms with Crippen LogP contribution in [0.4, 0.5) is 5.69 Å². The highest BCUT2D eigenvalue weighted by Crippen LogP contribution is 2.33. The van der Waals surface area contributed by atoms with Crippen LogP contribution in [0.15, 0.2) is 48.5 Å². The van der Waals surface area contributed by atoms with Gasteiger partial charge in [-0.3, -0.25) is 4.79 Å². The van der Waals surface area contributed by atoms with Gasteiger partial charge in [0.1, 0.15) is 5.82 Å². The Morgan fingerprint density at radius 1 is 0.882 bits per heavy atom.